The second kappa shape index (κ2) is 10.3. The highest BCUT2D eigenvalue weighted by Gasteiger charge is 2.26. The van der Waals surface area contributed by atoms with Gasteiger partial charge in [0, 0.05) is 35.2 Å². The van der Waals surface area contributed by atoms with Crippen molar-refractivity contribution in [3.05, 3.63) is 65.9 Å². The van der Waals surface area contributed by atoms with E-state index >= 15 is 0 Å². The Morgan fingerprint density at radius 1 is 1.09 bits per heavy atom. The van der Waals surface area contributed by atoms with Gasteiger partial charge in [0.1, 0.15) is 5.58 Å². The van der Waals surface area contributed by atoms with Crippen LogP contribution in [0.15, 0.2) is 63.9 Å². The van der Waals surface area contributed by atoms with E-state index in [4.69, 9.17) is 4.42 Å². The van der Waals surface area contributed by atoms with E-state index in [2.05, 4.69) is 31.3 Å². The number of nitrogens with one attached hydrogen (secondary N) is 1. The third kappa shape index (κ3) is 5.74. The molecule has 0 spiro atoms. The summed E-state index contributed by atoms with van der Waals surface area (Å²) in [5, 5.41) is 4.57. The van der Waals surface area contributed by atoms with Gasteiger partial charge in [0.05, 0.1) is 6.42 Å². The van der Waals surface area contributed by atoms with Crippen LogP contribution in [0.25, 0.3) is 11.0 Å². The number of furan rings is 1. The van der Waals surface area contributed by atoms with E-state index in [1.54, 1.807) is 0 Å². The minimum absolute atomic E-state index is 0.0510. The first-order valence-electron chi connectivity index (χ1n) is 11.3. The number of hydrogen-bond acceptors (Lipinski definition) is 4. The van der Waals surface area contributed by atoms with Gasteiger partial charge in [0.2, 0.25) is 5.91 Å². The third-order valence-electron chi connectivity index (χ3n) is 5.79. The summed E-state index contributed by atoms with van der Waals surface area (Å²) in [6.07, 6.45) is 2.16. The Kier molecular flexibility index (Phi) is 7.20. The van der Waals surface area contributed by atoms with Crippen molar-refractivity contribution in [3.8, 4) is 0 Å². The third-order valence-corrected chi connectivity index (χ3v) is 6.80. The average Bonchev–Trinajstić information content (AvgIpc) is 3.23. The van der Waals surface area contributed by atoms with Crippen LogP contribution in [-0.4, -0.2) is 41.6 Å². The molecule has 0 aliphatic carbocycles. The van der Waals surface area contributed by atoms with Gasteiger partial charge in [-0.25, -0.2) is 0 Å². The minimum atomic E-state index is -0.0530. The van der Waals surface area contributed by atoms with Gasteiger partial charge in [0.15, 0.2) is 5.76 Å². The Morgan fingerprint density at radius 3 is 2.50 bits per heavy atom. The zero-order valence-corrected chi connectivity index (χ0v) is 19.5. The number of para-hydroxylation sites is 1. The van der Waals surface area contributed by atoms with Crippen molar-refractivity contribution < 1.29 is 14.0 Å². The first kappa shape index (κ1) is 22.5. The van der Waals surface area contributed by atoms with E-state index in [1.165, 1.54) is 4.90 Å². The Labute approximate surface area is 193 Å². The van der Waals surface area contributed by atoms with Crippen molar-refractivity contribution in [1.82, 2.24) is 10.2 Å². The highest BCUT2D eigenvalue weighted by molar-refractivity contribution is 7.99. The molecule has 2 amide bonds. The van der Waals surface area contributed by atoms with E-state index in [0.29, 0.717) is 43.0 Å². The van der Waals surface area contributed by atoms with Crippen LogP contribution < -0.4 is 5.32 Å². The van der Waals surface area contributed by atoms with Crippen molar-refractivity contribution in [2.45, 2.75) is 43.3 Å². The lowest BCUT2D eigenvalue weighted by molar-refractivity contribution is -0.120. The molecular formula is C26H30N2O3S. The lowest BCUT2D eigenvalue weighted by Gasteiger charge is -2.31. The van der Waals surface area contributed by atoms with Gasteiger partial charge in [-0.2, -0.15) is 0 Å². The molecule has 0 unspecified atom stereocenters. The molecule has 5 nitrogen and oxygen atoms in total. The van der Waals surface area contributed by atoms with E-state index in [1.807, 2.05) is 59.1 Å². The highest BCUT2D eigenvalue weighted by atomic mass is 32.2. The lowest BCUT2D eigenvalue weighted by Crippen LogP contribution is -2.41. The van der Waals surface area contributed by atoms with Crippen molar-refractivity contribution in [2.24, 2.45) is 5.92 Å². The van der Waals surface area contributed by atoms with Gasteiger partial charge in [-0.3, -0.25) is 9.59 Å². The van der Waals surface area contributed by atoms with E-state index in [0.717, 1.165) is 29.4 Å². The molecule has 1 aromatic heterocycles. The number of benzene rings is 2. The largest absolute Gasteiger partial charge is 0.451 e. The Hall–Kier alpha value is -2.73. The van der Waals surface area contributed by atoms with Gasteiger partial charge >= 0.3 is 0 Å². The molecule has 4 rings (SSSR count). The molecule has 6 heteroatoms. The first-order valence-corrected chi connectivity index (χ1v) is 12.2. The van der Waals surface area contributed by atoms with Crippen LogP contribution in [0.2, 0.25) is 0 Å². The number of piperidine rings is 1. The van der Waals surface area contributed by atoms with Crippen LogP contribution in [0, 0.1) is 5.92 Å². The second-order valence-electron chi connectivity index (χ2n) is 8.68. The quantitative estimate of drug-likeness (QED) is 0.506. The van der Waals surface area contributed by atoms with Crippen LogP contribution in [0.1, 0.15) is 42.8 Å². The normalized spacial score (nSPS) is 14.8. The van der Waals surface area contributed by atoms with Crippen LogP contribution in [0.4, 0.5) is 0 Å². The molecular weight excluding hydrogens is 420 g/mol. The van der Waals surface area contributed by atoms with Gasteiger partial charge in [0.25, 0.3) is 5.91 Å². The summed E-state index contributed by atoms with van der Waals surface area (Å²) >= 11 is 1.82. The van der Waals surface area contributed by atoms with Crippen LogP contribution in [-0.2, 0) is 11.2 Å². The lowest BCUT2D eigenvalue weighted by atomic mass is 9.96. The van der Waals surface area contributed by atoms with Crippen molar-refractivity contribution in [1.29, 1.82) is 0 Å². The number of fused-ring (bicyclic) bond motifs is 1. The Bertz CT molecular complexity index is 1030. The van der Waals surface area contributed by atoms with Crippen LogP contribution in [0.5, 0.6) is 0 Å². The van der Waals surface area contributed by atoms with Crippen LogP contribution in [0.3, 0.4) is 0 Å². The fraction of sp³-hybridized carbons (Fsp3) is 0.385. The van der Waals surface area contributed by atoms with E-state index in [-0.39, 0.29) is 11.8 Å². The Morgan fingerprint density at radius 2 is 1.81 bits per heavy atom. The molecule has 32 heavy (non-hydrogen) atoms. The number of hydrogen-bond donors (Lipinski definition) is 1. The molecule has 1 fully saturated rings. The maximum Gasteiger partial charge on any atom is 0.289 e. The van der Waals surface area contributed by atoms with Crippen LogP contribution >= 0.6 is 11.8 Å². The SMILES string of the molecule is CC(C)Sc1ccc(CC(=O)NCC2CCN(C(=O)c3cc4ccccc4o3)CC2)cc1. The molecule has 0 atom stereocenters. The van der Waals surface area contributed by atoms with Gasteiger partial charge in [-0.05, 0) is 48.6 Å². The summed E-state index contributed by atoms with van der Waals surface area (Å²) in [5.74, 6) is 0.789. The molecule has 2 heterocycles. The number of nitrogens with zero attached hydrogens (tertiary/aromatic N) is 1. The maximum atomic E-state index is 12.8. The molecule has 1 aliphatic heterocycles. The molecule has 1 saturated heterocycles. The molecule has 0 radical (unpaired) electrons. The summed E-state index contributed by atoms with van der Waals surface area (Å²) in [6, 6.07) is 17.7. The Balaban J connectivity index is 1.21. The summed E-state index contributed by atoms with van der Waals surface area (Å²) in [4.78, 5) is 28.2. The zero-order valence-electron chi connectivity index (χ0n) is 18.7. The zero-order chi connectivity index (χ0) is 22.5. The van der Waals surface area contributed by atoms with Crippen molar-refractivity contribution >= 4 is 34.5 Å². The second-order valence-corrected chi connectivity index (χ2v) is 10.3. The summed E-state index contributed by atoms with van der Waals surface area (Å²) in [7, 11) is 0. The smallest absolute Gasteiger partial charge is 0.289 e. The van der Waals surface area contributed by atoms with Gasteiger partial charge < -0.3 is 14.6 Å². The fourth-order valence-electron chi connectivity index (χ4n) is 4.05. The summed E-state index contributed by atoms with van der Waals surface area (Å²) < 4.78 is 5.72. The van der Waals surface area contributed by atoms with E-state index in [9.17, 15) is 9.59 Å². The molecule has 3 aromatic rings. The number of carbonyl (C=O) groups excluding carboxylic acids is 2. The fourth-order valence-corrected chi connectivity index (χ4v) is 4.88. The number of carbonyl (C=O) groups is 2. The van der Waals surface area contributed by atoms with Crippen molar-refractivity contribution in [2.75, 3.05) is 19.6 Å². The molecule has 1 aliphatic rings. The van der Waals surface area contributed by atoms with E-state index < -0.39 is 0 Å². The molecule has 2 aromatic carbocycles. The van der Waals surface area contributed by atoms with Crippen molar-refractivity contribution in [3.63, 3.8) is 0 Å². The monoisotopic (exact) mass is 450 g/mol. The predicted octanol–water partition coefficient (Wildman–Crippen LogP) is 5.14. The molecule has 0 bridgehead atoms. The minimum Gasteiger partial charge on any atom is -0.451 e. The first-order chi connectivity index (χ1) is 15.5. The number of likely N-dealkylation sites (tertiary alicyclic amines) is 1. The van der Waals surface area contributed by atoms with Gasteiger partial charge in [-0.1, -0.05) is 44.2 Å². The number of rotatable bonds is 7. The topological polar surface area (TPSA) is 62.6 Å². The number of thioether (sulfide) groups is 1. The summed E-state index contributed by atoms with van der Waals surface area (Å²) in [6.45, 7) is 6.38. The average molecular weight is 451 g/mol. The summed E-state index contributed by atoms with van der Waals surface area (Å²) in [5.41, 5.74) is 1.77. The highest BCUT2D eigenvalue weighted by Crippen LogP contribution is 2.24. The number of amides is 2. The predicted molar refractivity (Wildman–Crippen MR) is 129 cm³/mol. The maximum absolute atomic E-state index is 12.8. The molecule has 168 valence electrons. The molecule has 1 N–H and O–H groups in total. The van der Waals surface area contributed by atoms with Gasteiger partial charge in [-0.15, -0.1) is 11.8 Å². The molecule has 0 saturated carbocycles. The standard InChI is InChI=1S/C26H30N2O3S/c1-18(2)32-22-9-7-19(8-10-22)15-25(29)27-17-20-11-13-28(14-12-20)26(30)24-16-21-5-3-4-6-23(21)31-24/h3-10,16,18,20H,11-15,17H2,1-2H3,(H,27,29).